The highest BCUT2D eigenvalue weighted by Gasteiger charge is 2.27. The number of nitrogens with one attached hydrogen (secondary N) is 1. The van der Waals surface area contributed by atoms with E-state index in [0.29, 0.717) is 31.5 Å². The first kappa shape index (κ1) is 18.5. The minimum atomic E-state index is -3.52. The van der Waals surface area contributed by atoms with Crippen molar-refractivity contribution in [3.8, 4) is 0 Å². The number of carbonyl (C=O) groups is 1. The number of benzene rings is 1. The number of hydrogen-bond donors (Lipinski definition) is 1. The molecular weight excluding hydrogens is 378 g/mol. The molecule has 0 radical (unpaired) electrons. The number of likely N-dealkylation sites (tertiary alicyclic amines) is 1. The SMILES string of the molecule is O=C(c1ccc([N+](=O)[O-])cc1)N1CCC(NS(=O)(=O)c2cccs2)CC1. The summed E-state index contributed by atoms with van der Waals surface area (Å²) in [5.74, 6) is -0.209. The summed E-state index contributed by atoms with van der Waals surface area (Å²) in [7, 11) is -3.52. The number of piperidine rings is 1. The fraction of sp³-hybridized carbons (Fsp3) is 0.312. The molecule has 1 saturated heterocycles. The van der Waals surface area contributed by atoms with Gasteiger partial charge in [0.2, 0.25) is 10.0 Å². The largest absolute Gasteiger partial charge is 0.339 e. The lowest BCUT2D eigenvalue weighted by Crippen LogP contribution is -2.46. The topological polar surface area (TPSA) is 110 Å². The van der Waals surface area contributed by atoms with Crippen molar-refractivity contribution in [2.45, 2.75) is 23.1 Å². The average molecular weight is 395 g/mol. The van der Waals surface area contributed by atoms with Crippen LogP contribution >= 0.6 is 11.3 Å². The number of carbonyl (C=O) groups excluding carboxylic acids is 1. The molecule has 0 saturated carbocycles. The molecule has 1 aliphatic heterocycles. The zero-order valence-corrected chi connectivity index (χ0v) is 15.3. The van der Waals surface area contributed by atoms with E-state index in [4.69, 9.17) is 0 Å². The zero-order valence-electron chi connectivity index (χ0n) is 13.7. The Morgan fingerprint density at radius 3 is 2.38 bits per heavy atom. The number of rotatable bonds is 5. The molecule has 1 aliphatic rings. The van der Waals surface area contributed by atoms with Gasteiger partial charge in [0.1, 0.15) is 4.21 Å². The molecule has 8 nitrogen and oxygen atoms in total. The Bertz CT molecular complexity index is 886. The molecule has 1 amide bonds. The third kappa shape index (κ3) is 4.09. The van der Waals surface area contributed by atoms with Crippen molar-refractivity contribution >= 4 is 33.0 Å². The van der Waals surface area contributed by atoms with E-state index in [0.717, 1.165) is 11.3 Å². The minimum absolute atomic E-state index is 0.0664. The van der Waals surface area contributed by atoms with Crippen molar-refractivity contribution in [2.24, 2.45) is 0 Å². The molecule has 0 aliphatic carbocycles. The summed E-state index contributed by atoms with van der Waals surface area (Å²) in [4.78, 5) is 24.3. The lowest BCUT2D eigenvalue weighted by atomic mass is 10.0. The molecule has 0 unspecified atom stereocenters. The van der Waals surface area contributed by atoms with Crippen molar-refractivity contribution < 1.29 is 18.1 Å². The average Bonchev–Trinajstić information content (AvgIpc) is 3.17. The first-order chi connectivity index (χ1) is 12.4. The summed E-state index contributed by atoms with van der Waals surface area (Å²) in [5.41, 5.74) is 0.316. The molecule has 2 heterocycles. The molecule has 1 aromatic carbocycles. The fourth-order valence-electron chi connectivity index (χ4n) is 2.80. The van der Waals surface area contributed by atoms with Crippen molar-refractivity contribution in [2.75, 3.05) is 13.1 Å². The van der Waals surface area contributed by atoms with Crippen LogP contribution in [-0.4, -0.2) is 43.3 Å². The molecule has 1 aromatic heterocycles. The first-order valence-electron chi connectivity index (χ1n) is 7.96. The quantitative estimate of drug-likeness (QED) is 0.617. The maximum Gasteiger partial charge on any atom is 0.269 e. The van der Waals surface area contributed by atoms with Crippen LogP contribution in [0.5, 0.6) is 0 Å². The molecule has 10 heteroatoms. The van der Waals surface area contributed by atoms with Crippen LogP contribution in [-0.2, 0) is 10.0 Å². The third-order valence-corrected chi connectivity index (χ3v) is 7.11. The van der Waals surface area contributed by atoms with Gasteiger partial charge in [0.05, 0.1) is 4.92 Å². The monoisotopic (exact) mass is 395 g/mol. The van der Waals surface area contributed by atoms with Crippen LogP contribution in [0, 0.1) is 10.1 Å². The highest BCUT2D eigenvalue weighted by atomic mass is 32.2. The standard InChI is InChI=1S/C16H17N3O5S2/c20-16(12-3-5-14(6-4-12)19(21)22)18-9-7-13(8-10-18)17-26(23,24)15-2-1-11-25-15/h1-6,11,13,17H,7-10H2. The molecule has 1 N–H and O–H groups in total. The lowest BCUT2D eigenvalue weighted by molar-refractivity contribution is -0.384. The van der Waals surface area contributed by atoms with Crippen LogP contribution in [0.3, 0.4) is 0 Å². The predicted octanol–water partition coefficient (Wildman–Crippen LogP) is 2.24. The summed E-state index contributed by atoms with van der Waals surface area (Å²) >= 11 is 1.16. The maximum absolute atomic E-state index is 12.5. The van der Waals surface area contributed by atoms with E-state index in [1.165, 1.54) is 24.3 Å². The number of nitro benzene ring substituents is 1. The van der Waals surface area contributed by atoms with Crippen molar-refractivity contribution in [1.82, 2.24) is 9.62 Å². The number of sulfonamides is 1. The lowest BCUT2D eigenvalue weighted by Gasteiger charge is -2.32. The zero-order chi connectivity index (χ0) is 18.7. The van der Waals surface area contributed by atoms with E-state index in [-0.39, 0.29) is 21.8 Å². The first-order valence-corrected chi connectivity index (χ1v) is 10.3. The summed E-state index contributed by atoms with van der Waals surface area (Å²) < 4.78 is 27.5. The molecule has 2 aromatic rings. The number of non-ortho nitro benzene ring substituents is 1. The molecule has 138 valence electrons. The smallest absolute Gasteiger partial charge is 0.269 e. The summed E-state index contributed by atoms with van der Waals surface area (Å²) in [6.45, 7) is 0.848. The Hall–Kier alpha value is -2.30. The van der Waals surface area contributed by atoms with Gasteiger partial charge < -0.3 is 4.90 Å². The van der Waals surface area contributed by atoms with Crippen LogP contribution < -0.4 is 4.72 Å². The van der Waals surface area contributed by atoms with Gasteiger partial charge in [0.15, 0.2) is 0 Å². The summed E-state index contributed by atoms with van der Waals surface area (Å²) in [6.07, 6.45) is 1.03. The van der Waals surface area contributed by atoms with Crippen LogP contribution in [0.25, 0.3) is 0 Å². The van der Waals surface area contributed by atoms with Gasteiger partial charge in [-0.15, -0.1) is 11.3 Å². The number of nitro groups is 1. The van der Waals surface area contributed by atoms with E-state index in [1.807, 2.05) is 0 Å². The third-order valence-electron chi connectivity index (χ3n) is 4.19. The highest BCUT2D eigenvalue weighted by molar-refractivity contribution is 7.91. The minimum Gasteiger partial charge on any atom is -0.339 e. The number of amides is 1. The van der Waals surface area contributed by atoms with Crippen LogP contribution in [0.4, 0.5) is 5.69 Å². The van der Waals surface area contributed by atoms with Gasteiger partial charge in [-0.3, -0.25) is 14.9 Å². The Morgan fingerprint density at radius 1 is 1.19 bits per heavy atom. The number of nitrogens with zero attached hydrogens (tertiary/aromatic N) is 2. The Balaban J connectivity index is 1.58. The van der Waals surface area contributed by atoms with E-state index in [1.54, 1.807) is 22.4 Å². The molecule has 3 rings (SSSR count). The van der Waals surface area contributed by atoms with E-state index in [9.17, 15) is 23.3 Å². The summed E-state index contributed by atoms with van der Waals surface area (Å²) in [5, 5.41) is 12.4. The van der Waals surface area contributed by atoms with Crippen LogP contribution in [0.1, 0.15) is 23.2 Å². The van der Waals surface area contributed by atoms with E-state index >= 15 is 0 Å². The van der Waals surface area contributed by atoms with Crippen LogP contribution in [0.2, 0.25) is 0 Å². The molecule has 0 bridgehead atoms. The Morgan fingerprint density at radius 2 is 1.85 bits per heavy atom. The second-order valence-electron chi connectivity index (χ2n) is 5.92. The molecule has 0 atom stereocenters. The summed E-state index contributed by atoms with van der Waals surface area (Å²) in [6, 6.07) is 8.50. The van der Waals surface area contributed by atoms with Gasteiger partial charge in [0, 0.05) is 36.8 Å². The van der Waals surface area contributed by atoms with Gasteiger partial charge in [-0.2, -0.15) is 0 Å². The maximum atomic E-state index is 12.5. The molecule has 1 fully saturated rings. The Labute approximate surface area is 154 Å². The Kier molecular flexibility index (Phi) is 5.35. The fourth-order valence-corrected chi connectivity index (χ4v) is 5.12. The van der Waals surface area contributed by atoms with E-state index < -0.39 is 14.9 Å². The van der Waals surface area contributed by atoms with Crippen molar-refractivity contribution in [3.63, 3.8) is 0 Å². The highest BCUT2D eigenvalue weighted by Crippen LogP contribution is 2.20. The van der Waals surface area contributed by atoms with Crippen molar-refractivity contribution in [3.05, 3.63) is 57.5 Å². The number of thiophene rings is 1. The van der Waals surface area contributed by atoms with Gasteiger partial charge in [0.25, 0.3) is 11.6 Å². The van der Waals surface area contributed by atoms with Gasteiger partial charge in [-0.1, -0.05) is 6.07 Å². The molecular formula is C16H17N3O5S2. The molecule has 0 spiro atoms. The van der Waals surface area contributed by atoms with E-state index in [2.05, 4.69) is 4.72 Å². The van der Waals surface area contributed by atoms with Gasteiger partial charge >= 0.3 is 0 Å². The van der Waals surface area contributed by atoms with Gasteiger partial charge in [-0.25, -0.2) is 13.1 Å². The predicted molar refractivity (Wildman–Crippen MR) is 96.7 cm³/mol. The van der Waals surface area contributed by atoms with Crippen LogP contribution in [0.15, 0.2) is 46.0 Å². The second kappa shape index (κ2) is 7.52. The van der Waals surface area contributed by atoms with Crippen molar-refractivity contribution in [1.29, 1.82) is 0 Å². The number of hydrogen-bond acceptors (Lipinski definition) is 6. The molecule has 26 heavy (non-hydrogen) atoms. The normalized spacial score (nSPS) is 15.8. The van der Waals surface area contributed by atoms with Gasteiger partial charge in [-0.05, 0) is 36.4 Å². The second-order valence-corrected chi connectivity index (χ2v) is 8.81.